The minimum Gasteiger partial charge on any atom is -0.496 e. The van der Waals surface area contributed by atoms with Crippen molar-refractivity contribution in [1.29, 1.82) is 0 Å². The van der Waals surface area contributed by atoms with Crippen molar-refractivity contribution in [3.8, 4) is 5.75 Å². The smallest absolute Gasteiger partial charge is 0.124 e. The second-order valence-corrected chi connectivity index (χ2v) is 5.32. The lowest BCUT2D eigenvalue weighted by atomic mass is 10.0. The van der Waals surface area contributed by atoms with E-state index in [-0.39, 0.29) is 0 Å². The largest absolute Gasteiger partial charge is 0.496 e. The normalized spacial score (nSPS) is 12.7. The van der Waals surface area contributed by atoms with Crippen molar-refractivity contribution in [1.82, 2.24) is 5.32 Å². The third-order valence-corrected chi connectivity index (χ3v) is 3.33. The van der Waals surface area contributed by atoms with Gasteiger partial charge in [0.15, 0.2) is 0 Å². The number of hydrogen-bond donors (Lipinski definition) is 1. The third kappa shape index (κ3) is 5.21. The Labute approximate surface area is 117 Å². The Kier molecular flexibility index (Phi) is 6.89. The predicted molar refractivity (Wildman–Crippen MR) is 79.6 cm³/mol. The van der Waals surface area contributed by atoms with Gasteiger partial charge in [-0.05, 0) is 44.0 Å². The molecule has 1 aromatic carbocycles. The minimum atomic E-state index is 0.334. The summed E-state index contributed by atoms with van der Waals surface area (Å²) in [6, 6.07) is 6.61. The van der Waals surface area contributed by atoms with Crippen LogP contribution in [-0.2, 0) is 11.3 Å². The zero-order chi connectivity index (χ0) is 14.3. The molecule has 19 heavy (non-hydrogen) atoms. The summed E-state index contributed by atoms with van der Waals surface area (Å²) >= 11 is 0. The SMILES string of the molecule is CNC(C)c1ccc(OC)c(COCCC(C)C)c1. The van der Waals surface area contributed by atoms with Crippen LogP contribution in [0.2, 0.25) is 0 Å². The number of nitrogens with one attached hydrogen (secondary N) is 1. The lowest BCUT2D eigenvalue weighted by molar-refractivity contribution is 0.109. The van der Waals surface area contributed by atoms with Gasteiger partial charge >= 0.3 is 0 Å². The van der Waals surface area contributed by atoms with Crippen LogP contribution in [0.25, 0.3) is 0 Å². The molecule has 0 aliphatic heterocycles. The highest BCUT2D eigenvalue weighted by Crippen LogP contribution is 2.24. The Hall–Kier alpha value is -1.06. The average molecular weight is 265 g/mol. The monoisotopic (exact) mass is 265 g/mol. The lowest BCUT2D eigenvalue weighted by Crippen LogP contribution is -2.12. The fourth-order valence-corrected chi connectivity index (χ4v) is 1.85. The van der Waals surface area contributed by atoms with Crippen LogP contribution >= 0.6 is 0 Å². The van der Waals surface area contributed by atoms with E-state index >= 15 is 0 Å². The molecule has 1 aromatic rings. The van der Waals surface area contributed by atoms with Crippen LogP contribution in [0.5, 0.6) is 5.75 Å². The van der Waals surface area contributed by atoms with Crippen molar-refractivity contribution in [3.05, 3.63) is 29.3 Å². The molecule has 0 bridgehead atoms. The van der Waals surface area contributed by atoms with Crippen molar-refractivity contribution in [2.75, 3.05) is 20.8 Å². The Morgan fingerprint density at radius 3 is 2.53 bits per heavy atom. The molecule has 0 radical (unpaired) electrons. The topological polar surface area (TPSA) is 30.5 Å². The molecule has 108 valence electrons. The Balaban J connectivity index is 2.67. The molecule has 1 atom stereocenters. The van der Waals surface area contributed by atoms with Crippen LogP contribution in [-0.4, -0.2) is 20.8 Å². The summed E-state index contributed by atoms with van der Waals surface area (Å²) < 4.78 is 11.1. The van der Waals surface area contributed by atoms with E-state index in [9.17, 15) is 0 Å². The molecule has 1 rings (SSSR count). The average Bonchev–Trinajstić information content (AvgIpc) is 2.42. The summed E-state index contributed by atoms with van der Waals surface area (Å²) in [7, 11) is 3.67. The Bertz CT molecular complexity index is 377. The third-order valence-electron chi connectivity index (χ3n) is 3.33. The molecule has 3 nitrogen and oxygen atoms in total. The van der Waals surface area contributed by atoms with Gasteiger partial charge in [-0.15, -0.1) is 0 Å². The lowest BCUT2D eigenvalue weighted by Gasteiger charge is -2.15. The van der Waals surface area contributed by atoms with E-state index in [0.29, 0.717) is 18.6 Å². The molecular formula is C16H27NO2. The fraction of sp³-hybridized carbons (Fsp3) is 0.625. The first-order valence-electron chi connectivity index (χ1n) is 7.00. The molecule has 0 aromatic heterocycles. The van der Waals surface area contributed by atoms with Crippen LogP contribution < -0.4 is 10.1 Å². The highest BCUT2D eigenvalue weighted by Gasteiger charge is 2.08. The molecule has 0 saturated heterocycles. The summed E-state index contributed by atoms with van der Waals surface area (Å²) in [5.41, 5.74) is 2.37. The Morgan fingerprint density at radius 2 is 1.95 bits per heavy atom. The zero-order valence-corrected chi connectivity index (χ0v) is 12.8. The zero-order valence-electron chi connectivity index (χ0n) is 12.8. The van der Waals surface area contributed by atoms with Gasteiger partial charge in [0.05, 0.1) is 13.7 Å². The molecular weight excluding hydrogens is 238 g/mol. The fourth-order valence-electron chi connectivity index (χ4n) is 1.85. The van der Waals surface area contributed by atoms with Crippen LogP contribution in [0.15, 0.2) is 18.2 Å². The van der Waals surface area contributed by atoms with Gasteiger partial charge in [-0.25, -0.2) is 0 Å². The molecule has 1 unspecified atom stereocenters. The van der Waals surface area contributed by atoms with Crippen molar-refractivity contribution < 1.29 is 9.47 Å². The molecule has 0 aliphatic rings. The standard InChI is InChI=1S/C16H27NO2/c1-12(2)8-9-19-11-15-10-14(13(3)17-4)6-7-16(15)18-5/h6-7,10,12-13,17H,8-9,11H2,1-5H3. The number of hydrogen-bond acceptors (Lipinski definition) is 3. The quantitative estimate of drug-likeness (QED) is 0.729. The summed E-state index contributed by atoms with van der Waals surface area (Å²) in [6.45, 7) is 7.97. The summed E-state index contributed by atoms with van der Waals surface area (Å²) in [5, 5.41) is 3.25. The second kappa shape index (κ2) is 8.18. The molecule has 1 N–H and O–H groups in total. The van der Waals surface area contributed by atoms with Gasteiger partial charge in [-0.2, -0.15) is 0 Å². The number of methoxy groups -OCH3 is 1. The highest BCUT2D eigenvalue weighted by atomic mass is 16.5. The van der Waals surface area contributed by atoms with E-state index < -0.39 is 0 Å². The van der Waals surface area contributed by atoms with Gasteiger partial charge < -0.3 is 14.8 Å². The number of rotatable bonds is 8. The van der Waals surface area contributed by atoms with E-state index in [1.54, 1.807) is 7.11 Å². The van der Waals surface area contributed by atoms with Crippen molar-refractivity contribution in [2.24, 2.45) is 5.92 Å². The van der Waals surface area contributed by atoms with Crippen LogP contribution in [0, 0.1) is 5.92 Å². The van der Waals surface area contributed by atoms with Gasteiger partial charge in [-0.1, -0.05) is 19.9 Å². The van der Waals surface area contributed by atoms with Gasteiger partial charge in [0.1, 0.15) is 5.75 Å². The van der Waals surface area contributed by atoms with E-state index in [0.717, 1.165) is 24.3 Å². The summed E-state index contributed by atoms with van der Waals surface area (Å²) in [6.07, 6.45) is 1.09. The first-order valence-corrected chi connectivity index (χ1v) is 7.00. The predicted octanol–water partition coefficient (Wildman–Crippen LogP) is 3.54. The summed E-state index contributed by atoms with van der Waals surface area (Å²) in [4.78, 5) is 0. The number of benzene rings is 1. The minimum absolute atomic E-state index is 0.334. The molecule has 0 fully saturated rings. The van der Waals surface area contributed by atoms with Crippen LogP contribution in [0.4, 0.5) is 0 Å². The van der Waals surface area contributed by atoms with E-state index in [4.69, 9.17) is 9.47 Å². The molecule has 0 amide bonds. The van der Waals surface area contributed by atoms with E-state index in [1.807, 2.05) is 13.1 Å². The number of ether oxygens (including phenoxy) is 2. The first kappa shape index (κ1) is 16.0. The maximum absolute atomic E-state index is 5.74. The van der Waals surface area contributed by atoms with Crippen molar-refractivity contribution in [2.45, 2.75) is 39.8 Å². The summed E-state index contributed by atoms with van der Waals surface area (Å²) in [5.74, 6) is 1.58. The maximum atomic E-state index is 5.74. The van der Waals surface area contributed by atoms with Gasteiger partial charge in [-0.3, -0.25) is 0 Å². The van der Waals surface area contributed by atoms with Crippen LogP contribution in [0.3, 0.4) is 0 Å². The molecule has 0 heterocycles. The Morgan fingerprint density at radius 1 is 1.21 bits per heavy atom. The van der Waals surface area contributed by atoms with Crippen molar-refractivity contribution >= 4 is 0 Å². The molecule has 0 spiro atoms. The maximum Gasteiger partial charge on any atom is 0.124 e. The molecule has 3 heteroatoms. The van der Waals surface area contributed by atoms with Gasteiger partial charge in [0.25, 0.3) is 0 Å². The second-order valence-electron chi connectivity index (χ2n) is 5.32. The molecule has 0 saturated carbocycles. The van der Waals surface area contributed by atoms with E-state index in [2.05, 4.69) is 38.2 Å². The molecule has 0 aliphatic carbocycles. The first-order chi connectivity index (χ1) is 9.08. The van der Waals surface area contributed by atoms with Crippen molar-refractivity contribution in [3.63, 3.8) is 0 Å². The van der Waals surface area contributed by atoms with Crippen LogP contribution in [0.1, 0.15) is 44.4 Å². The van der Waals surface area contributed by atoms with Gasteiger partial charge in [0, 0.05) is 18.2 Å². The van der Waals surface area contributed by atoms with Gasteiger partial charge in [0.2, 0.25) is 0 Å². The highest BCUT2D eigenvalue weighted by molar-refractivity contribution is 5.38. The van der Waals surface area contributed by atoms with E-state index in [1.165, 1.54) is 5.56 Å².